The molecule has 5 aliphatic rings. The number of hydrogen-bond acceptors (Lipinski definition) is 12. The van der Waals surface area contributed by atoms with Gasteiger partial charge in [0.1, 0.15) is 71.1 Å². The summed E-state index contributed by atoms with van der Waals surface area (Å²) in [7, 11) is -3.80. The van der Waals surface area contributed by atoms with Crippen molar-refractivity contribution in [1.29, 1.82) is 0 Å². The number of hydrogen-bond donors (Lipinski definition) is 3. The summed E-state index contributed by atoms with van der Waals surface area (Å²) in [5.41, 5.74) is 22.1. The van der Waals surface area contributed by atoms with Gasteiger partial charge in [-0.2, -0.15) is 0 Å². The number of halogens is 5. The van der Waals surface area contributed by atoms with E-state index in [9.17, 15) is 14.3 Å². The molecule has 3 saturated heterocycles. The summed E-state index contributed by atoms with van der Waals surface area (Å²) in [5, 5.41) is 13.0. The Morgan fingerprint density at radius 2 is 0.889 bits per heavy atom. The molecule has 0 saturated carbocycles. The van der Waals surface area contributed by atoms with E-state index in [2.05, 4.69) is 193 Å². The van der Waals surface area contributed by atoms with Gasteiger partial charge in [0, 0.05) is 29.7 Å². The number of ether oxygens (including phenoxy) is 7. The molecule has 0 spiro atoms. The van der Waals surface area contributed by atoms with Crippen molar-refractivity contribution in [2.24, 2.45) is 5.73 Å². The van der Waals surface area contributed by atoms with Crippen LogP contribution in [0.5, 0.6) is 17.2 Å². The van der Waals surface area contributed by atoms with E-state index in [0.29, 0.717) is 69.4 Å². The highest BCUT2D eigenvalue weighted by Crippen LogP contribution is 2.46. The summed E-state index contributed by atoms with van der Waals surface area (Å²) in [6, 6.07) is 22.6. The Kier molecular flexibility index (Phi) is 26.6. The topological polar surface area (TPSA) is 158 Å². The average molecular weight is 1640 g/mol. The van der Waals surface area contributed by atoms with Crippen LogP contribution in [0, 0.1) is 70.6 Å². The minimum absolute atomic E-state index is 0.0140. The van der Waals surface area contributed by atoms with Gasteiger partial charge in [-0.15, -0.1) is 0 Å². The van der Waals surface area contributed by atoms with Gasteiger partial charge < -0.3 is 58.2 Å². The lowest BCUT2D eigenvalue weighted by Gasteiger charge is -2.39. The Balaban J connectivity index is 0.000000183. The first-order chi connectivity index (χ1) is 46.0. The van der Waals surface area contributed by atoms with Crippen LogP contribution in [0.4, 0.5) is 13.6 Å². The van der Waals surface area contributed by atoms with Crippen molar-refractivity contribution >= 4 is 77.2 Å². The minimum atomic E-state index is -1.97. The van der Waals surface area contributed by atoms with Gasteiger partial charge in [-0.1, -0.05) is 85.5 Å². The fourth-order valence-corrected chi connectivity index (χ4v) is 17.0. The number of nitrogens with two attached hydrogens (primary N) is 1. The summed E-state index contributed by atoms with van der Waals surface area (Å²) >= 11 is 9.44. The van der Waals surface area contributed by atoms with Crippen LogP contribution < -0.4 is 25.3 Å². The number of nitrogens with one attached hydrogen (secondary N) is 1. The highest BCUT2D eigenvalue weighted by atomic mass is 127. The third-order valence-corrected chi connectivity index (χ3v) is 32.2. The Morgan fingerprint density at radius 3 is 1.29 bits per heavy atom. The average Bonchev–Trinajstić information content (AvgIpc) is 1.64. The molecule has 0 radical (unpaired) electrons. The van der Waals surface area contributed by atoms with Crippen molar-refractivity contribution < 1.29 is 60.7 Å². The molecule has 99 heavy (non-hydrogen) atoms. The second-order valence-corrected chi connectivity index (χ2v) is 43.8. The van der Waals surface area contributed by atoms with Crippen LogP contribution in [0.15, 0.2) is 81.7 Å². The van der Waals surface area contributed by atoms with Gasteiger partial charge in [0.15, 0.2) is 16.6 Å². The third-order valence-electron chi connectivity index (χ3n) is 20.1. The van der Waals surface area contributed by atoms with Gasteiger partial charge in [0.05, 0.1) is 45.7 Å². The predicted molar refractivity (Wildman–Crippen MR) is 414 cm³/mol. The van der Waals surface area contributed by atoms with E-state index in [1.807, 2.05) is 71.0 Å². The molecular formula is C79H107Br2F2IN2O11Si2. The van der Waals surface area contributed by atoms with Crippen molar-refractivity contribution in [2.75, 3.05) is 39.6 Å². The lowest BCUT2D eigenvalue weighted by atomic mass is 9.90. The smallest absolute Gasteiger partial charge is 0.408 e. The number of aliphatic hydroxyl groups excluding tert-OH is 1. The molecule has 0 bridgehead atoms. The predicted octanol–water partition coefficient (Wildman–Crippen LogP) is 19.9. The van der Waals surface area contributed by atoms with Gasteiger partial charge in [-0.25, -0.2) is 13.6 Å². The summed E-state index contributed by atoms with van der Waals surface area (Å²) in [5.74, 6) is 1.87. The molecule has 3 heterocycles. The number of benzene rings is 6. The molecular weight excluding hydrogens is 1530 g/mol. The van der Waals surface area contributed by atoms with Gasteiger partial charge in [-0.05, 0) is 299 Å². The molecule has 3 aliphatic heterocycles. The molecule has 13 nitrogen and oxygen atoms in total. The second-order valence-electron chi connectivity index (χ2n) is 31.4. The highest BCUT2D eigenvalue weighted by molar-refractivity contribution is 14.1. The molecule has 6 aromatic carbocycles. The van der Waals surface area contributed by atoms with E-state index < -0.39 is 40.5 Å². The van der Waals surface area contributed by atoms with Crippen LogP contribution in [0.2, 0.25) is 36.3 Å². The monoisotopic (exact) mass is 1640 g/mol. The number of aliphatic hydroxyl groups is 1. The van der Waals surface area contributed by atoms with E-state index >= 15 is 4.39 Å². The van der Waals surface area contributed by atoms with Gasteiger partial charge in [0.25, 0.3) is 0 Å². The Hall–Kier alpha value is -4.31. The zero-order chi connectivity index (χ0) is 73.2. The summed E-state index contributed by atoms with van der Waals surface area (Å²) in [6.45, 7) is 47.5. The summed E-state index contributed by atoms with van der Waals surface area (Å²) < 4.78 is 86.9. The molecule has 20 heteroatoms. The molecule has 542 valence electrons. The quantitative estimate of drug-likeness (QED) is 0.0743. The lowest BCUT2D eigenvalue weighted by molar-refractivity contribution is 0.0503. The number of fused-ring (bicyclic) bond motifs is 2. The number of alkyl carbamates (subject to hydrolysis) is 1. The number of carbonyl (C=O) groups excluding carboxylic acids is 1. The van der Waals surface area contributed by atoms with E-state index in [-0.39, 0.29) is 58.3 Å². The lowest BCUT2D eigenvalue weighted by Crippen LogP contribution is -2.48. The van der Waals surface area contributed by atoms with Crippen LogP contribution in [-0.2, 0) is 40.6 Å². The van der Waals surface area contributed by atoms with Crippen molar-refractivity contribution in [1.82, 2.24) is 5.32 Å². The van der Waals surface area contributed by atoms with Crippen LogP contribution in [0.25, 0.3) is 22.3 Å². The van der Waals surface area contributed by atoms with Crippen molar-refractivity contribution in [3.63, 3.8) is 0 Å². The van der Waals surface area contributed by atoms with Crippen molar-refractivity contribution in [2.45, 2.75) is 234 Å². The normalized spacial score (nSPS) is 21.3. The second kappa shape index (κ2) is 32.8. The van der Waals surface area contributed by atoms with Crippen LogP contribution in [0.3, 0.4) is 0 Å². The van der Waals surface area contributed by atoms with Gasteiger partial charge >= 0.3 is 6.09 Å². The molecule has 3 fully saturated rings. The summed E-state index contributed by atoms with van der Waals surface area (Å²) in [4.78, 5) is 12.4. The SMILES string of the molecule is Cc1cc(I)cc(C)c1Br.Cc1cc(O[C@@H]2COC[C@H]2O)cc(C)c1-c1ccc(F)c2c1CC[C@H]2N.Cc1cc(O[C@@H]2COC[C@H]2O[Si](C)(C)C(C)(C)C)cc(C)c1-c1ccc(F)c2c1CC[C@H]2NC(=O)OC(C)(C)C.Cc1cc(O[C@@H]2COC[C@H]2O[Si](C)(C)C(C)(C)C)cc(C)c1Br. The molecule has 11 rings (SSSR count). The maximum absolute atomic E-state index is 15.1. The number of aryl methyl sites for hydroxylation is 8. The first-order valence-electron chi connectivity index (χ1n) is 34.6. The first-order valence-corrected chi connectivity index (χ1v) is 43.1. The van der Waals surface area contributed by atoms with Crippen LogP contribution >= 0.6 is 54.5 Å². The van der Waals surface area contributed by atoms with Crippen LogP contribution in [-0.4, -0.2) is 110 Å². The molecule has 1 amide bonds. The molecule has 0 unspecified atom stereocenters. The molecule has 4 N–H and O–H groups in total. The molecule has 2 aliphatic carbocycles. The van der Waals surface area contributed by atoms with Gasteiger partial charge in [-0.3, -0.25) is 0 Å². The van der Waals surface area contributed by atoms with E-state index in [0.717, 1.165) is 84.4 Å². The largest absolute Gasteiger partial charge is 0.485 e. The van der Waals surface area contributed by atoms with Crippen molar-refractivity contribution in [3.05, 3.63) is 164 Å². The van der Waals surface area contributed by atoms with E-state index in [1.54, 1.807) is 0 Å². The Labute approximate surface area is 621 Å². The molecule has 0 aromatic heterocycles. The molecule has 6 aromatic rings. The first kappa shape index (κ1) is 80.4. The van der Waals surface area contributed by atoms with Gasteiger partial charge in [0.2, 0.25) is 0 Å². The third kappa shape index (κ3) is 20.0. The maximum atomic E-state index is 15.1. The maximum Gasteiger partial charge on any atom is 0.408 e. The van der Waals surface area contributed by atoms with E-state index in [1.165, 1.54) is 42.4 Å². The fourth-order valence-electron chi connectivity index (χ4n) is 13.0. The summed E-state index contributed by atoms with van der Waals surface area (Å²) in [6.07, 6.45) is 1.11. The van der Waals surface area contributed by atoms with Crippen LogP contribution in [0.1, 0.15) is 154 Å². The Bertz CT molecular complexity index is 3780. The fraction of sp³-hybridized carbons (Fsp3) is 0.532. The van der Waals surface area contributed by atoms with E-state index in [4.69, 9.17) is 47.7 Å². The molecule has 8 atom stereocenters. The standard InChI is InChI=1S/C32H46FNO5Si.C21H24FNO3.C18H29BrO3Si.C8H8BrI/c1-19-15-21(37-26-17-36-18-27(26)39-40(9,10)32(6,7)8)16-20(2)28(19)22-11-13-24(33)29-23(22)12-14-25(29)34-30(35)38-31(3,4)5;1-11-7-13(26-19-10-25-9-18(19)24)8-12(2)20(11)14-3-5-16(22)21-15(14)4-6-17(21)23;1-12-8-14(9-13(2)17(12)19)21-15-10-20-11-16(15)22-23(6,7)18(3,4)5;1-5-3-7(10)4-6(2)8(5)9/h11,13,15-16,25-27H,12,14,17-18H2,1-10H3,(H,34,35);3,5,7-8,17-19,24H,4,6,9-10,23H2,1-2H3;8-9,15-16H,10-11H2,1-7H3;3-4H,1-2H3/t25-,26-,27-;17-,18-,19-;15-,16-;/m111./s1. The Morgan fingerprint density at radius 1 is 0.535 bits per heavy atom. The van der Waals surface area contributed by atoms with Crippen molar-refractivity contribution in [3.8, 4) is 39.5 Å². The zero-order valence-corrected chi connectivity index (χ0v) is 69.4. The minimum Gasteiger partial charge on any atom is -0.485 e. The highest BCUT2D eigenvalue weighted by Gasteiger charge is 2.45. The number of rotatable bonds is 13. The number of carbonyl (C=O) groups is 1. The number of amides is 1. The zero-order valence-electron chi connectivity index (χ0n) is 62.1.